The molecule has 0 amide bonds. The van der Waals surface area contributed by atoms with Crippen molar-refractivity contribution >= 4 is 0 Å². The molecule has 0 aliphatic heterocycles. The molecular formula is C15H22F3NO2. The molecule has 0 saturated heterocycles. The van der Waals surface area contributed by atoms with Crippen LogP contribution in [0.4, 0.5) is 13.2 Å². The van der Waals surface area contributed by atoms with E-state index >= 15 is 0 Å². The quantitative estimate of drug-likeness (QED) is 0.725. The number of rotatable bonds is 8. The molecule has 1 aromatic rings. The highest BCUT2D eigenvalue weighted by molar-refractivity contribution is 5.35. The average Bonchev–Trinajstić information content (AvgIpc) is 2.46. The Morgan fingerprint density at radius 3 is 2.43 bits per heavy atom. The van der Waals surface area contributed by atoms with Gasteiger partial charge in [0, 0.05) is 5.54 Å². The molecule has 1 rings (SSSR count). The van der Waals surface area contributed by atoms with Gasteiger partial charge in [-0.2, -0.15) is 13.2 Å². The normalized spacial score (nSPS) is 14.8. The van der Waals surface area contributed by atoms with Gasteiger partial charge in [0.05, 0.1) is 18.8 Å². The number of aliphatic hydroxyl groups excluding tert-OH is 1. The molecule has 0 heterocycles. The summed E-state index contributed by atoms with van der Waals surface area (Å²) in [6, 6.07) is 5.21. The lowest BCUT2D eigenvalue weighted by molar-refractivity contribution is -0.138. The van der Waals surface area contributed by atoms with Crippen molar-refractivity contribution in [2.45, 2.75) is 37.9 Å². The van der Waals surface area contributed by atoms with Crippen molar-refractivity contribution in [3.8, 4) is 5.75 Å². The van der Waals surface area contributed by atoms with Crippen LogP contribution in [0.2, 0.25) is 0 Å². The maximum atomic E-state index is 12.8. The van der Waals surface area contributed by atoms with E-state index in [1.807, 2.05) is 6.92 Å². The van der Waals surface area contributed by atoms with Crippen LogP contribution < -0.4 is 10.1 Å². The second kappa shape index (κ2) is 7.66. The molecule has 0 fully saturated rings. The van der Waals surface area contributed by atoms with Crippen LogP contribution in [-0.2, 0) is 6.18 Å². The van der Waals surface area contributed by atoms with Gasteiger partial charge < -0.3 is 15.2 Å². The highest BCUT2D eigenvalue weighted by Crippen LogP contribution is 2.35. The SMILES string of the molecule is CNC(C)(CO)CCCCOc1ccccc1C(F)(F)F. The Balaban J connectivity index is 2.44. The third-order valence-electron chi connectivity index (χ3n) is 3.53. The third-order valence-corrected chi connectivity index (χ3v) is 3.53. The first kappa shape index (κ1) is 17.8. The summed E-state index contributed by atoms with van der Waals surface area (Å²) in [5.41, 5.74) is -1.11. The molecule has 0 radical (unpaired) electrons. The zero-order valence-electron chi connectivity index (χ0n) is 12.3. The monoisotopic (exact) mass is 305 g/mol. The van der Waals surface area contributed by atoms with E-state index in [0.717, 1.165) is 18.9 Å². The fraction of sp³-hybridized carbons (Fsp3) is 0.600. The second-order valence-corrected chi connectivity index (χ2v) is 5.27. The van der Waals surface area contributed by atoms with E-state index in [9.17, 15) is 18.3 Å². The summed E-state index contributed by atoms with van der Waals surface area (Å²) in [7, 11) is 1.77. The van der Waals surface area contributed by atoms with Crippen LogP contribution in [0.3, 0.4) is 0 Å². The van der Waals surface area contributed by atoms with E-state index in [0.29, 0.717) is 6.42 Å². The van der Waals surface area contributed by atoms with Gasteiger partial charge >= 0.3 is 6.18 Å². The Kier molecular flexibility index (Phi) is 6.48. The van der Waals surface area contributed by atoms with E-state index in [4.69, 9.17) is 4.74 Å². The Morgan fingerprint density at radius 2 is 1.86 bits per heavy atom. The van der Waals surface area contributed by atoms with Gasteiger partial charge in [0.2, 0.25) is 0 Å². The minimum atomic E-state index is -4.40. The molecule has 3 nitrogen and oxygen atoms in total. The molecule has 6 heteroatoms. The number of para-hydroxylation sites is 1. The lowest BCUT2D eigenvalue weighted by Gasteiger charge is -2.26. The van der Waals surface area contributed by atoms with Gasteiger partial charge in [-0.3, -0.25) is 0 Å². The van der Waals surface area contributed by atoms with E-state index in [1.54, 1.807) is 7.05 Å². The van der Waals surface area contributed by atoms with Gasteiger partial charge in [0.25, 0.3) is 0 Å². The predicted octanol–water partition coefficient (Wildman–Crippen LogP) is 3.22. The summed E-state index contributed by atoms with van der Waals surface area (Å²) in [4.78, 5) is 0. The molecule has 0 aliphatic rings. The van der Waals surface area contributed by atoms with Gasteiger partial charge in [-0.1, -0.05) is 12.1 Å². The van der Waals surface area contributed by atoms with Crippen molar-refractivity contribution < 1.29 is 23.0 Å². The Labute approximate surface area is 123 Å². The number of aliphatic hydroxyl groups is 1. The molecule has 0 spiro atoms. The summed E-state index contributed by atoms with van der Waals surface area (Å²) in [6.45, 7) is 2.13. The molecule has 21 heavy (non-hydrogen) atoms. The average molecular weight is 305 g/mol. The number of ether oxygens (including phenoxy) is 1. The van der Waals surface area contributed by atoms with Crippen LogP contribution in [0.1, 0.15) is 31.7 Å². The number of likely N-dealkylation sites (N-methyl/N-ethyl adjacent to an activating group) is 1. The third kappa shape index (κ3) is 5.55. The first-order chi connectivity index (χ1) is 9.82. The zero-order valence-corrected chi connectivity index (χ0v) is 12.3. The summed E-state index contributed by atoms with van der Waals surface area (Å²) >= 11 is 0. The van der Waals surface area contributed by atoms with Crippen molar-refractivity contribution in [1.82, 2.24) is 5.32 Å². The molecule has 0 aliphatic carbocycles. The highest BCUT2D eigenvalue weighted by atomic mass is 19.4. The molecule has 0 bridgehead atoms. The molecule has 1 unspecified atom stereocenters. The number of unbranched alkanes of at least 4 members (excludes halogenated alkanes) is 1. The van der Waals surface area contributed by atoms with Crippen LogP contribution in [0.25, 0.3) is 0 Å². The van der Waals surface area contributed by atoms with Gasteiger partial charge in [-0.25, -0.2) is 0 Å². The Hall–Kier alpha value is -1.27. The number of halogens is 3. The zero-order chi connectivity index (χ0) is 15.9. The summed E-state index contributed by atoms with van der Waals surface area (Å²) in [5, 5.41) is 12.3. The van der Waals surface area contributed by atoms with Crippen LogP contribution in [0, 0.1) is 0 Å². The summed E-state index contributed by atoms with van der Waals surface area (Å²) in [6.07, 6.45) is -2.29. The number of alkyl halides is 3. The molecule has 0 saturated carbocycles. The topological polar surface area (TPSA) is 41.5 Å². The van der Waals surface area contributed by atoms with Crippen LogP contribution in [0.5, 0.6) is 5.75 Å². The van der Waals surface area contributed by atoms with Crippen molar-refractivity contribution in [3.05, 3.63) is 29.8 Å². The molecule has 1 aromatic carbocycles. The van der Waals surface area contributed by atoms with E-state index in [2.05, 4.69) is 5.32 Å². The van der Waals surface area contributed by atoms with Crippen LogP contribution in [0.15, 0.2) is 24.3 Å². The maximum absolute atomic E-state index is 12.8. The van der Waals surface area contributed by atoms with Crippen molar-refractivity contribution in [1.29, 1.82) is 0 Å². The largest absolute Gasteiger partial charge is 0.493 e. The Bertz CT molecular complexity index is 431. The van der Waals surface area contributed by atoms with Crippen molar-refractivity contribution in [2.75, 3.05) is 20.3 Å². The first-order valence-electron chi connectivity index (χ1n) is 6.91. The molecule has 120 valence electrons. The fourth-order valence-corrected chi connectivity index (χ4v) is 1.91. The minimum absolute atomic E-state index is 0.0151. The lowest BCUT2D eigenvalue weighted by atomic mass is 9.96. The summed E-state index contributed by atoms with van der Waals surface area (Å²) < 4.78 is 43.5. The summed E-state index contributed by atoms with van der Waals surface area (Å²) in [5.74, 6) is -0.136. The predicted molar refractivity (Wildman–Crippen MR) is 75.3 cm³/mol. The van der Waals surface area contributed by atoms with E-state index in [1.165, 1.54) is 18.2 Å². The standard InChI is InChI=1S/C15H22F3NO2/c1-14(11-20,19-2)9-5-6-10-21-13-8-4-3-7-12(13)15(16,17)18/h3-4,7-8,19-20H,5-6,9-11H2,1-2H3. The smallest absolute Gasteiger partial charge is 0.419 e. The molecule has 2 N–H and O–H groups in total. The van der Waals surface area contributed by atoms with Gasteiger partial charge in [-0.15, -0.1) is 0 Å². The van der Waals surface area contributed by atoms with Crippen LogP contribution in [-0.4, -0.2) is 30.9 Å². The molecule has 1 atom stereocenters. The van der Waals surface area contributed by atoms with Gasteiger partial charge in [-0.05, 0) is 45.4 Å². The van der Waals surface area contributed by atoms with Gasteiger partial charge in [0.15, 0.2) is 0 Å². The number of nitrogens with one attached hydrogen (secondary N) is 1. The fourth-order valence-electron chi connectivity index (χ4n) is 1.91. The number of benzene rings is 1. The highest BCUT2D eigenvalue weighted by Gasteiger charge is 2.33. The first-order valence-corrected chi connectivity index (χ1v) is 6.91. The maximum Gasteiger partial charge on any atom is 0.419 e. The van der Waals surface area contributed by atoms with E-state index < -0.39 is 11.7 Å². The van der Waals surface area contributed by atoms with Crippen molar-refractivity contribution in [3.63, 3.8) is 0 Å². The van der Waals surface area contributed by atoms with E-state index in [-0.39, 0.29) is 24.5 Å². The molecule has 0 aromatic heterocycles. The minimum Gasteiger partial charge on any atom is -0.493 e. The second-order valence-electron chi connectivity index (χ2n) is 5.27. The number of hydrogen-bond acceptors (Lipinski definition) is 3. The lowest BCUT2D eigenvalue weighted by Crippen LogP contribution is -2.43. The number of hydrogen-bond donors (Lipinski definition) is 2. The van der Waals surface area contributed by atoms with Gasteiger partial charge in [0.1, 0.15) is 5.75 Å². The van der Waals surface area contributed by atoms with Crippen molar-refractivity contribution in [2.24, 2.45) is 0 Å². The van der Waals surface area contributed by atoms with Crippen LogP contribution >= 0.6 is 0 Å². The Morgan fingerprint density at radius 1 is 1.19 bits per heavy atom. The molecular weight excluding hydrogens is 283 g/mol.